The maximum absolute atomic E-state index is 13.2. The number of hydrogen-bond acceptors (Lipinski definition) is 7. The van der Waals surface area contributed by atoms with Gasteiger partial charge in [-0.15, -0.1) is 11.8 Å². The van der Waals surface area contributed by atoms with Gasteiger partial charge in [-0.2, -0.15) is 0 Å². The van der Waals surface area contributed by atoms with E-state index < -0.39 is 16.1 Å². The Hall–Kier alpha value is -4.43. The van der Waals surface area contributed by atoms with Gasteiger partial charge in [0.15, 0.2) is 0 Å². The summed E-state index contributed by atoms with van der Waals surface area (Å²) in [6.07, 6.45) is 6.52. The molecule has 2 aromatic carbocycles. The number of nitrogens with one attached hydrogen (secondary N) is 2. The fraction of sp³-hybridized carbons (Fsp3) is 0.459. The fourth-order valence-corrected chi connectivity index (χ4v) is 7.35. The van der Waals surface area contributed by atoms with Gasteiger partial charge in [0.1, 0.15) is 33.4 Å². The van der Waals surface area contributed by atoms with Crippen molar-refractivity contribution in [2.24, 2.45) is 0 Å². The first-order valence-corrected chi connectivity index (χ1v) is 17.7. The Morgan fingerprint density at radius 2 is 1.62 bits per heavy atom. The Balaban J connectivity index is 1.16. The molecule has 0 spiro atoms. The van der Waals surface area contributed by atoms with E-state index in [1.54, 1.807) is 22.9 Å². The minimum absolute atomic E-state index is 0.147. The van der Waals surface area contributed by atoms with Crippen LogP contribution in [0, 0.1) is 11.8 Å². The Kier molecular flexibility index (Phi) is 8.98. The Morgan fingerprint density at radius 1 is 0.917 bits per heavy atom. The number of ether oxygens (including phenoxy) is 2. The number of thioether (sulfide) groups is 1. The van der Waals surface area contributed by atoms with E-state index in [0.29, 0.717) is 18.8 Å². The van der Waals surface area contributed by atoms with Crippen LogP contribution in [0.2, 0.25) is 0 Å². The molecule has 2 unspecified atom stereocenters. The molecule has 6 rings (SSSR count). The predicted molar refractivity (Wildman–Crippen MR) is 188 cm³/mol. The first-order valence-electron chi connectivity index (χ1n) is 16.5. The summed E-state index contributed by atoms with van der Waals surface area (Å²) in [6.45, 7) is 12.6. The third-order valence-corrected chi connectivity index (χ3v) is 9.78. The molecule has 2 N–H and O–H groups in total. The lowest BCUT2D eigenvalue weighted by Gasteiger charge is -2.36. The zero-order valence-electron chi connectivity index (χ0n) is 28.8. The van der Waals surface area contributed by atoms with Crippen molar-refractivity contribution in [3.8, 4) is 23.0 Å². The SMILES string of the molecule is CSC1(c2nc3ccc(-c4ccc(C#Cc5cnc(C6CCCN6C(=O)OC(C)(C)C)[nH]5)cc4)cc3[nH]2)CCCN1C(=O)OC(C)(C)C. The lowest BCUT2D eigenvalue weighted by molar-refractivity contribution is 0.0181. The van der Waals surface area contributed by atoms with Gasteiger partial charge in [0, 0.05) is 18.7 Å². The van der Waals surface area contributed by atoms with Crippen LogP contribution >= 0.6 is 11.8 Å². The summed E-state index contributed by atoms with van der Waals surface area (Å²) in [4.78, 5) is 45.2. The van der Waals surface area contributed by atoms with Gasteiger partial charge in [-0.1, -0.05) is 24.1 Å². The van der Waals surface area contributed by atoms with Crippen molar-refractivity contribution in [3.63, 3.8) is 0 Å². The number of nitrogens with zero attached hydrogens (tertiary/aromatic N) is 4. The van der Waals surface area contributed by atoms with E-state index in [-0.39, 0.29) is 18.2 Å². The average molecular weight is 669 g/mol. The molecule has 4 heterocycles. The fourth-order valence-electron chi connectivity index (χ4n) is 6.32. The van der Waals surface area contributed by atoms with Gasteiger partial charge in [0.05, 0.1) is 23.3 Å². The first-order chi connectivity index (χ1) is 22.7. The smallest absolute Gasteiger partial charge is 0.411 e. The molecule has 11 heteroatoms. The van der Waals surface area contributed by atoms with E-state index in [1.807, 2.05) is 70.9 Å². The molecular weight excluding hydrogens is 625 g/mol. The van der Waals surface area contributed by atoms with Crippen molar-refractivity contribution in [3.05, 3.63) is 71.6 Å². The molecule has 2 aromatic heterocycles. The number of carbonyl (C=O) groups is 2. The molecule has 48 heavy (non-hydrogen) atoms. The minimum Gasteiger partial charge on any atom is -0.444 e. The Bertz CT molecular complexity index is 1870. The summed E-state index contributed by atoms with van der Waals surface area (Å²) in [7, 11) is 0. The molecule has 2 fully saturated rings. The van der Waals surface area contributed by atoms with Crippen molar-refractivity contribution in [2.75, 3.05) is 19.3 Å². The Labute approximate surface area is 286 Å². The van der Waals surface area contributed by atoms with Crippen LogP contribution in [0.1, 0.15) is 96.2 Å². The molecule has 2 atom stereocenters. The number of hydrogen-bond donors (Lipinski definition) is 2. The van der Waals surface area contributed by atoms with Gasteiger partial charge in [-0.25, -0.2) is 19.6 Å². The second-order valence-corrected chi connectivity index (χ2v) is 15.5. The van der Waals surface area contributed by atoms with E-state index in [2.05, 4.69) is 51.1 Å². The number of H-pyrrole nitrogens is 2. The van der Waals surface area contributed by atoms with Gasteiger partial charge < -0.3 is 19.4 Å². The van der Waals surface area contributed by atoms with Crippen LogP contribution in [0.15, 0.2) is 48.7 Å². The van der Waals surface area contributed by atoms with Gasteiger partial charge >= 0.3 is 12.2 Å². The summed E-state index contributed by atoms with van der Waals surface area (Å²) >= 11 is 1.62. The van der Waals surface area contributed by atoms with Crippen LogP contribution in [-0.4, -0.2) is 72.5 Å². The molecule has 4 aromatic rings. The van der Waals surface area contributed by atoms with E-state index in [9.17, 15) is 9.59 Å². The summed E-state index contributed by atoms with van der Waals surface area (Å²) in [5.74, 6) is 7.89. The largest absolute Gasteiger partial charge is 0.444 e. The lowest BCUT2D eigenvalue weighted by Crippen LogP contribution is -2.45. The number of aromatic nitrogens is 4. The molecule has 2 aliphatic rings. The third kappa shape index (κ3) is 7.04. The van der Waals surface area contributed by atoms with Crippen LogP contribution in [0.3, 0.4) is 0 Å². The number of imidazole rings is 2. The highest BCUT2D eigenvalue weighted by Crippen LogP contribution is 2.47. The predicted octanol–water partition coefficient (Wildman–Crippen LogP) is 7.97. The zero-order valence-corrected chi connectivity index (χ0v) is 29.6. The zero-order chi connectivity index (χ0) is 34.3. The number of fused-ring (bicyclic) bond motifs is 1. The van der Waals surface area contributed by atoms with Crippen molar-refractivity contribution < 1.29 is 19.1 Å². The van der Waals surface area contributed by atoms with E-state index in [0.717, 1.165) is 65.1 Å². The van der Waals surface area contributed by atoms with Crippen molar-refractivity contribution in [1.82, 2.24) is 29.7 Å². The van der Waals surface area contributed by atoms with Gasteiger partial charge in [-0.3, -0.25) is 9.80 Å². The molecular formula is C37H44N6O4S. The van der Waals surface area contributed by atoms with Crippen LogP contribution in [-0.2, 0) is 14.3 Å². The van der Waals surface area contributed by atoms with Crippen LogP contribution in [0.5, 0.6) is 0 Å². The Morgan fingerprint density at radius 3 is 2.33 bits per heavy atom. The number of rotatable bonds is 4. The van der Waals surface area contributed by atoms with Crippen molar-refractivity contribution in [2.45, 2.75) is 89.3 Å². The molecule has 10 nitrogen and oxygen atoms in total. The standard InChI is InChI=1S/C37H44N6O4S/c1-35(2,3)46-33(44)42-20-8-10-30(42)31-38-23-27(39-31)17-13-24-11-14-25(15-12-24)26-16-18-28-29(22-26)41-32(40-28)37(48-7)19-9-21-43(37)34(45)47-36(4,5)6/h11-12,14-16,18,22-23,30H,8-10,19-21H2,1-7H3,(H,38,39)(H,40,41). The van der Waals surface area contributed by atoms with Gasteiger partial charge in [-0.05, 0) is 115 Å². The average Bonchev–Trinajstić information content (AvgIpc) is 3.83. The molecule has 2 saturated heterocycles. The highest BCUT2D eigenvalue weighted by molar-refractivity contribution is 7.99. The van der Waals surface area contributed by atoms with Gasteiger partial charge in [0.25, 0.3) is 0 Å². The van der Waals surface area contributed by atoms with E-state index >= 15 is 0 Å². The normalized spacial score (nSPS) is 19.8. The molecule has 0 saturated carbocycles. The number of carbonyl (C=O) groups excluding carboxylic acids is 2. The number of amides is 2. The first kappa shape index (κ1) is 33.5. The lowest BCUT2D eigenvalue weighted by atomic mass is 10.0. The van der Waals surface area contributed by atoms with E-state index in [4.69, 9.17) is 14.5 Å². The molecule has 0 bridgehead atoms. The number of benzene rings is 2. The maximum atomic E-state index is 13.2. The highest BCUT2D eigenvalue weighted by Gasteiger charge is 2.48. The second kappa shape index (κ2) is 12.9. The number of likely N-dealkylation sites (tertiary alicyclic amines) is 2. The van der Waals surface area contributed by atoms with Crippen LogP contribution in [0.4, 0.5) is 9.59 Å². The summed E-state index contributed by atoms with van der Waals surface area (Å²) in [5, 5.41) is 0. The molecule has 2 aliphatic heterocycles. The monoisotopic (exact) mass is 668 g/mol. The minimum atomic E-state index is -0.605. The molecule has 252 valence electrons. The van der Waals surface area contributed by atoms with Crippen molar-refractivity contribution >= 4 is 35.0 Å². The molecule has 0 radical (unpaired) electrons. The summed E-state index contributed by atoms with van der Waals surface area (Å²) < 4.78 is 11.3. The van der Waals surface area contributed by atoms with E-state index in [1.165, 1.54) is 0 Å². The molecule has 0 aliphatic carbocycles. The van der Waals surface area contributed by atoms with Crippen molar-refractivity contribution in [1.29, 1.82) is 0 Å². The topological polar surface area (TPSA) is 116 Å². The third-order valence-electron chi connectivity index (χ3n) is 8.49. The van der Waals surface area contributed by atoms with Crippen LogP contribution in [0.25, 0.3) is 22.2 Å². The maximum Gasteiger partial charge on any atom is 0.411 e. The van der Waals surface area contributed by atoms with Gasteiger partial charge in [0.2, 0.25) is 0 Å². The second-order valence-electron chi connectivity index (χ2n) is 14.4. The quantitative estimate of drug-likeness (QED) is 0.212. The number of aromatic amines is 2. The van der Waals surface area contributed by atoms with Crippen LogP contribution < -0.4 is 0 Å². The molecule has 2 amide bonds. The summed E-state index contributed by atoms with van der Waals surface area (Å²) in [5.41, 5.74) is 4.33. The highest BCUT2D eigenvalue weighted by atomic mass is 32.2. The summed E-state index contributed by atoms with van der Waals surface area (Å²) in [6, 6.07) is 14.2.